The Hall–Kier alpha value is -2.02. The summed E-state index contributed by atoms with van der Waals surface area (Å²) in [6, 6.07) is 5.04. The molecule has 6 nitrogen and oxygen atoms in total. The summed E-state index contributed by atoms with van der Waals surface area (Å²) in [7, 11) is 0. The second-order valence-corrected chi connectivity index (χ2v) is 11.4. The average Bonchev–Trinajstić information content (AvgIpc) is 3.22. The largest absolute Gasteiger partial charge is 0.354 e. The highest BCUT2D eigenvalue weighted by molar-refractivity contribution is 5.38. The van der Waals surface area contributed by atoms with E-state index in [2.05, 4.69) is 36.0 Å². The van der Waals surface area contributed by atoms with Crippen LogP contribution in [0, 0.1) is 29.1 Å². The number of rotatable bonds is 8. The van der Waals surface area contributed by atoms with Crippen molar-refractivity contribution in [1.29, 1.82) is 0 Å². The molecule has 7 rings (SSSR count). The number of hydrogen-bond donors (Lipinski definition) is 0. The van der Waals surface area contributed by atoms with Gasteiger partial charge in [0.1, 0.15) is 5.82 Å². The van der Waals surface area contributed by atoms with E-state index in [0.29, 0.717) is 5.41 Å². The molecule has 4 aliphatic carbocycles. The summed E-state index contributed by atoms with van der Waals surface area (Å²) in [5, 5.41) is 9.03. The molecule has 178 valence electrons. The Morgan fingerprint density at radius 3 is 2.36 bits per heavy atom. The Labute approximate surface area is 196 Å². The predicted molar refractivity (Wildman–Crippen MR) is 126 cm³/mol. The summed E-state index contributed by atoms with van der Waals surface area (Å²) in [5.74, 6) is 3.33. The first-order valence-electron chi connectivity index (χ1n) is 13.1. The molecule has 0 aromatic carbocycles. The van der Waals surface area contributed by atoms with Crippen LogP contribution in [0.1, 0.15) is 57.1 Å². The third-order valence-electron chi connectivity index (χ3n) is 8.80. The van der Waals surface area contributed by atoms with E-state index in [1.807, 2.05) is 6.07 Å². The molecule has 1 aliphatic heterocycles. The van der Waals surface area contributed by atoms with E-state index in [1.54, 1.807) is 6.07 Å². The quantitative estimate of drug-likeness (QED) is 0.444. The molecule has 5 aliphatic rings. The monoisotopic (exact) mass is 452 g/mol. The Morgan fingerprint density at radius 2 is 1.67 bits per heavy atom. The number of aromatic nitrogens is 4. The van der Waals surface area contributed by atoms with Crippen LogP contribution >= 0.6 is 0 Å². The highest BCUT2D eigenvalue weighted by atomic mass is 19.1. The lowest BCUT2D eigenvalue weighted by Gasteiger charge is -2.56. The molecule has 2 aromatic heterocycles. The van der Waals surface area contributed by atoms with E-state index in [9.17, 15) is 4.39 Å². The fourth-order valence-corrected chi connectivity index (χ4v) is 7.77. The molecule has 0 spiro atoms. The fraction of sp³-hybridized carbons (Fsp3) is 0.731. The molecule has 4 bridgehead atoms. The van der Waals surface area contributed by atoms with Crippen molar-refractivity contribution in [3.63, 3.8) is 0 Å². The number of piperazine rings is 1. The maximum absolute atomic E-state index is 13.4. The standard InChI is InChI=1S/C26H37FN6/c27-24-5-3-6-25(28-24)32-10-8-31(9-11-32)7-2-1-4-23-18-33(30-29-23)19-26-15-20-12-21(16-26)14-22(13-20)17-26/h3,5-6,18,20-22H,1-2,4,7-17,19H2. The van der Waals surface area contributed by atoms with Gasteiger partial charge in [0.05, 0.1) is 5.69 Å². The zero-order chi connectivity index (χ0) is 22.3. The van der Waals surface area contributed by atoms with Crippen LogP contribution in [-0.4, -0.2) is 57.6 Å². The minimum absolute atomic E-state index is 0.398. The molecule has 5 fully saturated rings. The van der Waals surface area contributed by atoms with Gasteiger partial charge < -0.3 is 4.90 Å². The van der Waals surface area contributed by atoms with Crippen molar-refractivity contribution in [2.75, 3.05) is 37.6 Å². The van der Waals surface area contributed by atoms with Crippen molar-refractivity contribution in [1.82, 2.24) is 24.9 Å². The SMILES string of the molecule is Fc1cccc(N2CCN(CCCCc3cn(CC45CC6CC(CC(C6)C4)C5)nn3)CC2)n1. The normalized spacial score (nSPS) is 31.4. The van der Waals surface area contributed by atoms with Crippen molar-refractivity contribution in [2.24, 2.45) is 23.2 Å². The van der Waals surface area contributed by atoms with Gasteiger partial charge in [-0.05, 0) is 99.6 Å². The highest BCUT2D eigenvalue weighted by Crippen LogP contribution is 2.60. The molecular weight excluding hydrogens is 415 g/mol. The van der Waals surface area contributed by atoms with Gasteiger partial charge in [0.25, 0.3) is 0 Å². The highest BCUT2D eigenvalue weighted by Gasteiger charge is 2.51. The molecule has 2 aromatic rings. The summed E-state index contributed by atoms with van der Waals surface area (Å²) in [6.07, 6.45) is 14.4. The zero-order valence-corrected chi connectivity index (χ0v) is 19.7. The fourth-order valence-electron chi connectivity index (χ4n) is 7.77. The average molecular weight is 453 g/mol. The lowest BCUT2D eigenvalue weighted by atomic mass is 9.49. The molecule has 7 heteroatoms. The molecule has 0 amide bonds. The van der Waals surface area contributed by atoms with Crippen LogP contribution in [0.15, 0.2) is 24.4 Å². The number of nitrogens with zero attached hydrogens (tertiary/aromatic N) is 6. The number of unbranched alkanes of at least 4 members (excludes halogenated alkanes) is 1. The van der Waals surface area contributed by atoms with E-state index < -0.39 is 5.95 Å². The van der Waals surface area contributed by atoms with Crippen LogP contribution in [0.4, 0.5) is 10.2 Å². The third-order valence-corrected chi connectivity index (χ3v) is 8.80. The van der Waals surface area contributed by atoms with Crippen molar-refractivity contribution in [3.05, 3.63) is 36.0 Å². The van der Waals surface area contributed by atoms with Crippen molar-refractivity contribution >= 4 is 5.82 Å². The maximum Gasteiger partial charge on any atom is 0.214 e. The summed E-state index contributed by atoms with van der Waals surface area (Å²) in [5.41, 5.74) is 1.67. The van der Waals surface area contributed by atoms with Gasteiger partial charge in [0.2, 0.25) is 5.95 Å². The lowest BCUT2D eigenvalue weighted by molar-refractivity contribution is -0.0637. The first-order chi connectivity index (χ1) is 16.1. The summed E-state index contributed by atoms with van der Waals surface area (Å²) in [4.78, 5) is 8.71. The first-order valence-corrected chi connectivity index (χ1v) is 13.1. The molecule has 3 heterocycles. The molecule has 0 unspecified atom stereocenters. The van der Waals surface area contributed by atoms with E-state index in [4.69, 9.17) is 0 Å². The summed E-state index contributed by atoms with van der Waals surface area (Å²) < 4.78 is 15.5. The second kappa shape index (κ2) is 8.97. The van der Waals surface area contributed by atoms with Crippen LogP contribution in [0.5, 0.6) is 0 Å². The third kappa shape index (κ3) is 4.79. The van der Waals surface area contributed by atoms with E-state index >= 15 is 0 Å². The van der Waals surface area contributed by atoms with Crippen molar-refractivity contribution in [3.8, 4) is 0 Å². The van der Waals surface area contributed by atoms with E-state index in [-0.39, 0.29) is 0 Å². The summed E-state index contributed by atoms with van der Waals surface area (Å²) >= 11 is 0. The van der Waals surface area contributed by atoms with Gasteiger partial charge in [-0.15, -0.1) is 5.10 Å². The topological polar surface area (TPSA) is 50.1 Å². The number of pyridine rings is 1. The van der Waals surface area contributed by atoms with Crippen LogP contribution < -0.4 is 4.90 Å². The van der Waals surface area contributed by atoms with Crippen LogP contribution in [-0.2, 0) is 13.0 Å². The lowest BCUT2D eigenvalue weighted by Crippen LogP contribution is -2.48. The maximum atomic E-state index is 13.4. The Balaban J connectivity index is 0.925. The van der Waals surface area contributed by atoms with Crippen molar-refractivity contribution in [2.45, 2.75) is 64.3 Å². The smallest absolute Gasteiger partial charge is 0.214 e. The molecule has 0 radical (unpaired) electrons. The number of anilines is 1. The van der Waals surface area contributed by atoms with Gasteiger partial charge in [-0.3, -0.25) is 9.58 Å². The molecule has 33 heavy (non-hydrogen) atoms. The van der Waals surface area contributed by atoms with Crippen molar-refractivity contribution < 1.29 is 4.39 Å². The number of hydrogen-bond acceptors (Lipinski definition) is 5. The Bertz CT molecular complexity index is 914. The van der Waals surface area contributed by atoms with Gasteiger partial charge in [-0.2, -0.15) is 4.39 Å². The number of aryl methyl sites for hydroxylation is 1. The minimum atomic E-state index is -0.398. The predicted octanol–water partition coefficient (Wildman–Crippen LogP) is 4.17. The van der Waals surface area contributed by atoms with Crippen LogP contribution in [0.25, 0.3) is 0 Å². The van der Waals surface area contributed by atoms with Crippen LogP contribution in [0.3, 0.4) is 0 Å². The first kappa shape index (κ1) is 21.5. The molecule has 0 atom stereocenters. The van der Waals surface area contributed by atoms with Gasteiger partial charge in [0.15, 0.2) is 0 Å². The zero-order valence-electron chi connectivity index (χ0n) is 19.7. The molecule has 4 saturated carbocycles. The molecular formula is C26H37FN6. The van der Waals surface area contributed by atoms with E-state index in [0.717, 1.165) is 81.4 Å². The van der Waals surface area contributed by atoms with Gasteiger partial charge in [0, 0.05) is 38.9 Å². The van der Waals surface area contributed by atoms with Gasteiger partial charge >= 0.3 is 0 Å². The second-order valence-electron chi connectivity index (χ2n) is 11.4. The molecule has 0 N–H and O–H groups in total. The molecule has 1 saturated heterocycles. The van der Waals surface area contributed by atoms with Gasteiger partial charge in [-0.1, -0.05) is 11.3 Å². The minimum Gasteiger partial charge on any atom is -0.354 e. The Kier molecular flexibility index (Phi) is 5.85. The van der Waals surface area contributed by atoms with E-state index in [1.165, 1.54) is 51.0 Å². The van der Waals surface area contributed by atoms with Gasteiger partial charge in [-0.25, -0.2) is 4.98 Å². The number of halogens is 1. The summed E-state index contributed by atoms with van der Waals surface area (Å²) in [6.45, 7) is 6.06. The van der Waals surface area contributed by atoms with Crippen LogP contribution in [0.2, 0.25) is 0 Å². The Morgan fingerprint density at radius 1 is 0.939 bits per heavy atom.